The Morgan fingerprint density at radius 2 is 2.02 bits per heavy atom. The molecule has 0 saturated carbocycles. The van der Waals surface area contributed by atoms with Gasteiger partial charge in [-0.1, -0.05) is 11.8 Å². The molecule has 4 aliphatic rings. The summed E-state index contributed by atoms with van der Waals surface area (Å²) in [7, 11) is 0. The highest BCUT2D eigenvalue weighted by Gasteiger charge is 2.59. The van der Waals surface area contributed by atoms with Crippen LogP contribution in [0.1, 0.15) is 56.0 Å². The van der Waals surface area contributed by atoms with Gasteiger partial charge in [0.15, 0.2) is 5.82 Å². The van der Waals surface area contributed by atoms with Gasteiger partial charge in [0.2, 0.25) is 0 Å². The van der Waals surface area contributed by atoms with Gasteiger partial charge in [-0.15, -0.1) is 0 Å². The lowest BCUT2D eigenvalue weighted by Gasteiger charge is -2.60. The van der Waals surface area contributed by atoms with Gasteiger partial charge in [0.25, 0.3) is 5.91 Å². The minimum atomic E-state index is -4.48. The van der Waals surface area contributed by atoms with Crippen LogP contribution in [0, 0.1) is 17.8 Å². The summed E-state index contributed by atoms with van der Waals surface area (Å²) >= 11 is -0.192. The maximum absolute atomic E-state index is 13.6. The second kappa shape index (κ2) is 9.73. The van der Waals surface area contributed by atoms with Crippen molar-refractivity contribution in [2.24, 2.45) is 5.92 Å². The van der Waals surface area contributed by atoms with Crippen LogP contribution in [-0.2, 0) is 5.54 Å². The smallest absolute Gasteiger partial charge is 0.365 e. The molecule has 3 aromatic heterocycles. The number of rotatable bonds is 5. The van der Waals surface area contributed by atoms with E-state index >= 15 is 0 Å². The third-order valence-corrected chi connectivity index (χ3v) is 9.38. The first-order valence-electron chi connectivity index (χ1n) is 13.6. The van der Waals surface area contributed by atoms with Gasteiger partial charge in [-0.3, -0.25) is 9.48 Å². The second-order valence-electron chi connectivity index (χ2n) is 12.1. The van der Waals surface area contributed by atoms with Crippen molar-refractivity contribution >= 4 is 29.0 Å². The van der Waals surface area contributed by atoms with Crippen molar-refractivity contribution in [3.05, 3.63) is 42.0 Å². The van der Waals surface area contributed by atoms with Crippen molar-refractivity contribution < 1.29 is 22.4 Å². The number of fused-ring (bicyclic) bond motifs is 3. The number of carbonyl (C=O) groups is 1. The van der Waals surface area contributed by atoms with Crippen LogP contribution in [0.15, 0.2) is 35.9 Å². The summed E-state index contributed by atoms with van der Waals surface area (Å²) in [4.78, 5) is 17.0. The lowest BCUT2D eigenvalue weighted by molar-refractivity contribution is -1.03. The Labute approximate surface area is 235 Å². The number of alkyl halides is 3. The molecule has 4 saturated heterocycles. The highest BCUT2D eigenvalue weighted by molar-refractivity contribution is 8.00. The molecule has 212 valence electrons. The van der Waals surface area contributed by atoms with Crippen molar-refractivity contribution in [3.8, 4) is 11.8 Å². The first-order valence-corrected chi connectivity index (χ1v) is 14.4. The van der Waals surface area contributed by atoms with Crippen molar-refractivity contribution in [2.45, 2.75) is 68.2 Å². The minimum absolute atomic E-state index is 0.0172. The third-order valence-electron chi connectivity index (χ3n) is 8.54. The fraction of sp³-hybridized carbons (Fsp3) is 0.536. The van der Waals surface area contributed by atoms with Crippen LogP contribution in [0.5, 0.6) is 0 Å². The molecular weight excluding hydrogens is 539 g/mol. The number of quaternary nitrogens is 1. The molecule has 0 aromatic carbocycles. The Balaban J connectivity index is 1.21. The summed E-state index contributed by atoms with van der Waals surface area (Å²) in [5.41, 5.74) is -3.55. The zero-order valence-corrected chi connectivity index (χ0v) is 23.6. The number of nitrogens with one attached hydrogen (secondary N) is 2. The van der Waals surface area contributed by atoms with E-state index in [4.69, 9.17) is 0 Å². The molecule has 2 bridgehead atoms. The van der Waals surface area contributed by atoms with Crippen LogP contribution < -0.4 is 10.6 Å². The van der Waals surface area contributed by atoms with Crippen LogP contribution in [0.4, 0.5) is 19.0 Å². The third kappa shape index (κ3) is 5.05. The first kappa shape index (κ1) is 27.0. The zero-order valence-electron chi connectivity index (χ0n) is 22.8. The normalized spacial score (nSPS) is 25.6. The summed E-state index contributed by atoms with van der Waals surface area (Å²) in [6.07, 6.45) is 9.73. The summed E-state index contributed by atoms with van der Waals surface area (Å²) in [5, 5.41) is 10.5. The fourth-order valence-corrected chi connectivity index (χ4v) is 7.05. The highest BCUT2D eigenvalue weighted by Crippen LogP contribution is 2.47. The molecule has 0 radical (unpaired) electrons. The molecular formula is C28H33F3N7OS+. The number of anilines is 1. The van der Waals surface area contributed by atoms with E-state index in [0.29, 0.717) is 22.8 Å². The van der Waals surface area contributed by atoms with E-state index in [1.807, 2.05) is 20.8 Å². The Hall–Kier alpha value is -3.17. The van der Waals surface area contributed by atoms with Crippen LogP contribution in [-0.4, -0.2) is 73.3 Å². The maximum atomic E-state index is 13.6. The molecule has 40 heavy (non-hydrogen) atoms. The van der Waals surface area contributed by atoms with Gasteiger partial charge in [-0.25, -0.2) is 4.98 Å². The summed E-state index contributed by atoms with van der Waals surface area (Å²) in [6.45, 7) is 9.55. The average Bonchev–Trinajstić information content (AvgIpc) is 3.42. The number of halogens is 3. The molecule has 7 rings (SSSR count). The Morgan fingerprint density at radius 3 is 2.70 bits per heavy atom. The van der Waals surface area contributed by atoms with Gasteiger partial charge >= 0.3 is 5.51 Å². The Bertz CT molecular complexity index is 1500. The summed E-state index contributed by atoms with van der Waals surface area (Å²) in [6, 6.07) is 2.69. The molecule has 8 nitrogen and oxygen atoms in total. The van der Waals surface area contributed by atoms with E-state index in [2.05, 4.69) is 32.6 Å². The molecule has 3 aromatic rings. The molecule has 0 unspecified atom stereocenters. The quantitative estimate of drug-likeness (QED) is 0.268. The standard InChI is InChI=1S/C28H32F3N7OS/c1-27(2,3)37-15-19(14-34-37)25(39)33-9-4-5-18-13-23-24(32-10-11-36(23)26(18)40-28(29,30)31)35-22-7-6-21-8-12-38(21)16-20(22)17-38/h10-11,13-15,20-22H,6-9,12,16-17H2,1-3H3,(H-,32,33,35,39)/p+1/t20?,21-,22-,38?/m1/s1. The van der Waals surface area contributed by atoms with E-state index in [1.54, 1.807) is 16.9 Å². The molecule has 1 amide bonds. The van der Waals surface area contributed by atoms with Crippen molar-refractivity contribution in [1.82, 2.24) is 24.5 Å². The average molecular weight is 573 g/mol. The fourth-order valence-electron chi connectivity index (χ4n) is 6.35. The Morgan fingerprint density at radius 1 is 1.23 bits per heavy atom. The van der Waals surface area contributed by atoms with Crippen molar-refractivity contribution in [3.63, 3.8) is 0 Å². The molecule has 0 aliphatic carbocycles. The molecule has 2 atom stereocenters. The van der Waals surface area contributed by atoms with Gasteiger partial charge in [-0.2, -0.15) is 18.3 Å². The first-order chi connectivity index (χ1) is 18.9. The predicted octanol–water partition coefficient (Wildman–Crippen LogP) is 4.47. The van der Waals surface area contributed by atoms with Gasteiger partial charge in [-0.05, 0) is 33.3 Å². The number of nitrogens with zero attached hydrogens (tertiary/aromatic N) is 5. The molecule has 12 heteroatoms. The van der Waals surface area contributed by atoms with E-state index in [0.717, 1.165) is 12.5 Å². The van der Waals surface area contributed by atoms with E-state index < -0.39 is 5.51 Å². The minimum Gasteiger partial charge on any atom is -0.365 e. The molecule has 1 spiro atoms. The second-order valence-corrected chi connectivity index (χ2v) is 13.2. The van der Waals surface area contributed by atoms with Crippen LogP contribution in [0.2, 0.25) is 0 Å². The topological polar surface area (TPSA) is 76.2 Å². The summed E-state index contributed by atoms with van der Waals surface area (Å²) in [5.74, 6) is 6.47. The van der Waals surface area contributed by atoms with Gasteiger partial charge in [0.1, 0.15) is 5.03 Å². The lowest BCUT2D eigenvalue weighted by Crippen LogP contribution is -2.75. The van der Waals surface area contributed by atoms with Gasteiger partial charge in [0.05, 0.1) is 66.5 Å². The van der Waals surface area contributed by atoms with Gasteiger partial charge in [0, 0.05) is 49.2 Å². The number of hydrogen-bond donors (Lipinski definition) is 2. The van der Waals surface area contributed by atoms with Crippen molar-refractivity contribution in [1.29, 1.82) is 0 Å². The monoisotopic (exact) mass is 572 g/mol. The Kier molecular flexibility index (Phi) is 6.57. The number of hydrogen-bond acceptors (Lipinski definition) is 5. The van der Waals surface area contributed by atoms with E-state index in [1.165, 1.54) is 60.0 Å². The van der Waals surface area contributed by atoms with Crippen LogP contribution in [0.25, 0.3) is 5.52 Å². The lowest BCUT2D eigenvalue weighted by atomic mass is 9.84. The van der Waals surface area contributed by atoms with E-state index in [-0.39, 0.29) is 46.4 Å². The molecule has 4 aliphatic heterocycles. The van der Waals surface area contributed by atoms with Gasteiger partial charge < -0.3 is 19.5 Å². The number of carbonyl (C=O) groups excluding carboxylic acids is 1. The maximum Gasteiger partial charge on any atom is 0.447 e. The van der Waals surface area contributed by atoms with Crippen LogP contribution >= 0.6 is 11.8 Å². The number of aromatic nitrogens is 4. The SMILES string of the molecule is CC(C)(C)n1cc(C(=O)NCC#Cc2cc3c(N[C@@H]4CC[C@@H]5CC[N+]56CC4C6)nccn3c2SC(F)(F)F)cn1. The molecule has 2 N–H and O–H groups in total. The molecule has 4 fully saturated rings. The number of thioether (sulfide) groups is 1. The van der Waals surface area contributed by atoms with Crippen LogP contribution in [0.3, 0.4) is 0 Å². The predicted molar refractivity (Wildman–Crippen MR) is 147 cm³/mol. The van der Waals surface area contributed by atoms with E-state index in [9.17, 15) is 18.0 Å². The largest absolute Gasteiger partial charge is 0.447 e. The van der Waals surface area contributed by atoms with Crippen molar-refractivity contribution in [2.75, 3.05) is 31.5 Å². The highest BCUT2D eigenvalue weighted by atomic mass is 32.2. The zero-order chi connectivity index (χ0) is 28.3. The summed E-state index contributed by atoms with van der Waals surface area (Å²) < 4.78 is 45.1. The number of amides is 1. The molecule has 7 heterocycles.